The Morgan fingerprint density at radius 3 is 2.50 bits per heavy atom. The number of aryl methyl sites for hydroxylation is 1. The summed E-state index contributed by atoms with van der Waals surface area (Å²) in [6.07, 6.45) is 9.88. The van der Waals surface area contributed by atoms with Crippen molar-refractivity contribution in [2.45, 2.75) is 65.8 Å². The van der Waals surface area contributed by atoms with Crippen LogP contribution < -0.4 is 5.73 Å². The molecule has 4 heterocycles. The van der Waals surface area contributed by atoms with E-state index < -0.39 is 13.0 Å². The number of pyridine rings is 1. The molecule has 0 bridgehead atoms. The van der Waals surface area contributed by atoms with E-state index in [0.29, 0.717) is 22.4 Å². The second kappa shape index (κ2) is 8.80. The monoisotopic (exact) mass is 441 g/mol. The molecule has 1 fully saturated rings. The lowest BCUT2D eigenvalue weighted by molar-refractivity contribution is 0.127. The minimum atomic E-state index is -2.46. The Bertz CT molecular complexity index is 1220. The number of halogens is 2. The SMILES string of the molecule is CC1(C)CCCCC1.Cc1nc2ncc(-c3ccn4nc(N)ncc34)cc2n1CC(F)F. The lowest BCUT2D eigenvalue weighted by Crippen LogP contribution is -2.14. The van der Waals surface area contributed by atoms with Crippen LogP contribution in [0.5, 0.6) is 0 Å². The second-order valence-corrected chi connectivity index (χ2v) is 9.13. The van der Waals surface area contributed by atoms with Crippen molar-refractivity contribution in [1.82, 2.24) is 29.1 Å². The Balaban J connectivity index is 0.000000260. The molecule has 0 atom stereocenters. The number of rotatable bonds is 3. The molecular formula is C23H29F2N7. The van der Waals surface area contributed by atoms with Crippen molar-refractivity contribution in [1.29, 1.82) is 0 Å². The number of fused-ring (bicyclic) bond motifs is 2. The van der Waals surface area contributed by atoms with Gasteiger partial charge >= 0.3 is 0 Å². The Morgan fingerprint density at radius 2 is 1.84 bits per heavy atom. The summed E-state index contributed by atoms with van der Waals surface area (Å²) in [7, 11) is 0. The Morgan fingerprint density at radius 1 is 1.09 bits per heavy atom. The smallest absolute Gasteiger partial charge is 0.256 e. The summed E-state index contributed by atoms with van der Waals surface area (Å²) in [5, 5.41) is 4.09. The van der Waals surface area contributed by atoms with Crippen LogP contribution in [-0.4, -0.2) is 35.6 Å². The highest BCUT2D eigenvalue weighted by atomic mass is 19.3. The summed E-state index contributed by atoms with van der Waals surface area (Å²) in [6, 6.07) is 3.66. The molecule has 0 aromatic carbocycles. The fraction of sp³-hybridized carbons (Fsp3) is 0.478. The van der Waals surface area contributed by atoms with Crippen LogP contribution in [0.4, 0.5) is 14.7 Å². The molecule has 2 N–H and O–H groups in total. The van der Waals surface area contributed by atoms with Crippen LogP contribution in [0.1, 0.15) is 51.8 Å². The maximum absolute atomic E-state index is 12.8. The van der Waals surface area contributed by atoms with E-state index in [-0.39, 0.29) is 5.95 Å². The molecule has 4 aromatic heterocycles. The van der Waals surface area contributed by atoms with Crippen molar-refractivity contribution in [3.63, 3.8) is 0 Å². The molecule has 9 heteroatoms. The van der Waals surface area contributed by atoms with Gasteiger partial charge in [-0.05, 0) is 37.3 Å². The van der Waals surface area contributed by atoms with Gasteiger partial charge in [0, 0.05) is 23.5 Å². The first-order chi connectivity index (χ1) is 15.2. The molecule has 0 spiro atoms. The standard InChI is InChI=1S/C15H13F2N7.C8H16/c1-8-21-14-11(23(8)7-13(16)17)4-9(5-19-14)10-2-3-24-12(10)6-20-15(18)22-24;1-8(2)6-4-3-5-7-8/h2-6,13H,7H2,1H3,(H2,18,22);3-7H2,1-2H3. The van der Waals surface area contributed by atoms with Gasteiger partial charge in [-0.25, -0.2) is 28.2 Å². The molecule has 7 nitrogen and oxygen atoms in total. The van der Waals surface area contributed by atoms with Crippen molar-refractivity contribution in [3.05, 3.63) is 36.5 Å². The summed E-state index contributed by atoms with van der Waals surface area (Å²) in [5.74, 6) is 0.677. The average Bonchev–Trinajstić information content (AvgIpc) is 3.28. The van der Waals surface area contributed by atoms with Gasteiger partial charge in [0.2, 0.25) is 5.95 Å². The molecule has 5 rings (SSSR count). The molecule has 1 aliphatic carbocycles. The molecule has 32 heavy (non-hydrogen) atoms. The predicted molar refractivity (Wildman–Crippen MR) is 122 cm³/mol. The summed E-state index contributed by atoms with van der Waals surface area (Å²) in [5.41, 5.74) is 9.64. The summed E-state index contributed by atoms with van der Waals surface area (Å²) < 4.78 is 28.7. The first-order valence-electron chi connectivity index (χ1n) is 10.9. The van der Waals surface area contributed by atoms with E-state index in [1.807, 2.05) is 6.07 Å². The van der Waals surface area contributed by atoms with E-state index >= 15 is 0 Å². The number of nitrogens with zero attached hydrogens (tertiary/aromatic N) is 6. The fourth-order valence-corrected chi connectivity index (χ4v) is 4.30. The van der Waals surface area contributed by atoms with Crippen LogP contribution in [0, 0.1) is 12.3 Å². The normalized spacial score (nSPS) is 15.8. The van der Waals surface area contributed by atoms with Crippen LogP contribution >= 0.6 is 0 Å². The van der Waals surface area contributed by atoms with Gasteiger partial charge in [-0.15, -0.1) is 5.10 Å². The van der Waals surface area contributed by atoms with Gasteiger partial charge < -0.3 is 10.3 Å². The fourth-order valence-electron chi connectivity index (χ4n) is 4.30. The number of aromatic nitrogens is 6. The zero-order valence-corrected chi connectivity index (χ0v) is 18.7. The largest absolute Gasteiger partial charge is 0.367 e. The third-order valence-electron chi connectivity index (χ3n) is 6.07. The quantitative estimate of drug-likeness (QED) is 0.468. The zero-order valence-electron chi connectivity index (χ0n) is 18.7. The number of nitrogens with two attached hydrogens (primary N) is 1. The zero-order chi connectivity index (χ0) is 22.9. The van der Waals surface area contributed by atoms with E-state index in [1.54, 1.807) is 36.1 Å². The van der Waals surface area contributed by atoms with Gasteiger partial charge in [-0.1, -0.05) is 33.1 Å². The van der Waals surface area contributed by atoms with E-state index in [2.05, 4.69) is 33.9 Å². The van der Waals surface area contributed by atoms with Crippen molar-refractivity contribution in [2.24, 2.45) is 5.41 Å². The van der Waals surface area contributed by atoms with Gasteiger partial charge in [0.25, 0.3) is 6.43 Å². The Hall–Kier alpha value is -3.10. The first kappa shape index (κ1) is 22.1. The number of nitrogen functional groups attached to an aromatic ring is 1. The first-order valence-corrected chi connectivity index (χ1v) is 10.9. The van der Waals surface area contributed by atoms with Crippen molar-refractivity contribution >= 4 is 22.6 Å². The average molecular weight is 442 g/mol. The van der Waals surface area contributed by atoms with Crippen molar-refractivity contribution in [3.8, 4) is 11.1 Å². The molecular weight excluding hydrogens is 412 g/mol. The van der Waals surface area contributed by atoms with Gasteiger partial charge in [0.15, 0.2) is 5.65 Å². The van der Waals surface area contributed by atoms with Crippen LogP contribution in [0.15, 0.2) is 30.7 Å². The molecule has 170 valence electrons. The highest BCUT2D eigenvalue weighted by Crippen LogP contribution is 2.34. The topological polar surface area (TPSA) is 86.9 Å². The van der Waals surface area contributed by atoms with Crippen LogP contribution in [0.25, 0.3) is 27.8 Å². The van der Waals surface area contributed by atoms with Gasteiger partial charge in [-0.3, -0.25) is 0 Å². The lowest BCUT2D eigenvalue weighted by Gasteiger charge is -2.28. The highest BCUT2D eigenvalue weighted by molar-refractivity contribution is 5.85. The highest BCUT2D eigenvalue weighted by Gasteiger charge is 2.20. The third kappa shape index (κ3) is 4.71. The van der Waals surface area contributed by atoms with Gasteiger partial charge in [-0.2, -0.15) is 0 Å². The molecule has 0 amide bonds. The number of alkyl halides is 2. The summed E-state index contributed by atoms with van der Waals surface area (Å²) in [6.45, 7) is 6.04. The van der Waals surface area contributed by atoms with Crippen LogP contribution in [0.3, 0.4) is 0 Å². The second-order valence-electron chi connectivity index (χ2n) is 9.13. The molecule has 4 aromatic rings. The molecule has 0 saturated heterocycles. The van der Waals surface area contributed by atoms with Crippen molar-refractivity contribution < 1.29 is 8.78 Å². The number of anilines is 1. The molecule has 0 unspecified atom stereocenters. The van der Waals surface area contributed by atoms with E-state index in [0.717, 1.165) is 16.6 Å². The molecule has 0 radical (unpaired) electrons. The van der Waals surface area contributed by atoms with Crippen LogP contribution in [0.2, 0.25) is 0 Å². The summed E-state index contributed by atoms with van der Waals surface area (Å²) >= 11 is 0. The minimum Gasteiger partial charge on any atom is -0.367 e. The Kier molecular flexibility index (Phi) is 6.08. The molecule has 0 aliphatic heterocycles. The predicted octanol–water partition coefficient (Wildman–Crippen LogP) is 5.27. The third-order valence-corrected chi connectivity index (χ3v) is 6.07. The van der Waals surface area contributed by atoms with E-state index in [9.17, 15) is 8.78 Å². The lowest BCUT2D eigenvalue weighted by atomic mass is 9.78. The minimum absolute atomic E-state index is 0.170. The maximum atomic E-state index is 12.8. The summed E-state index contributed by atoms with van der Waals surface area (Å²) in [4.78, 5) is 12.5. The Labute approximate surface area is 185 Å². The van der Waals surface area contributed by atoms with E-state index in [1.165, 1.54) is 36.7 Å². The number of hydrogen-bond donors (Lipinski definition) is 1. The van der Waals surface area contributed by atoms with Crippen molar-refractivity contribution in [2.75, 3.05) is 5.73 Å². The van der Waals surface area contributed by atoms with Gasteiger partial charge in [0.1, 0.15) is 5.82 Å². The van der Waals surface area contributed by atoms with E-state index in [4.69, 9.17) is 5.73 Å². The number of hydrogen-bond acceptors (Lipinski definition) is 5. The van der Waals surface area contributed by atoms with Gasteiger partial charge in [0.05, 0.1) is 23.8 Å². The molecule has 1 saturated carbocycles. The van der Waals surface area contributed by atoms with Crippen LogP contribution in [-0.2, 0) is 6.54 Å². The molecule has 1 aliphatic rings. The maximum Gasteiger partial charge on any atom is 0.256 e. The number of imidazole rings is 1.